The van der Waals surface area contributed by atoms with Gasteiger partial charge in [-0.3, -0.25) is 4.98 Å². The van der Waals surface area contributed by atoms with E-state index in [1.54, 1.807) is 6.20 Å². The fourth-order valence-corrected chi connectivity index (χ4v) is 2.17. The Morgan fingerprint density at radius 1 is 1.47 bits per heavy atom. The molecule has 15 heavy (non-hydrogen) atoms. The molecule has 0 aliphatic carbocycles. The predicted molar refractivity (Wildman–Crippen MR) is 64.7 cm³/mol. The summed E-state index contributed by atoms with van der Waals surface area (Å²) in [6, 6.07) is 0. The first-order valence-corrected chi connectivity index (χ1v) is 5.52. The Morgan fingerprint density at radius 2 is 2.07 bits per heavy atom. The second-order valence-corrected chi connectivity index (χ2v) is 5.60. The molecule has 1 atom stereocenters. The molecule has 1 aromatic rings. The Labute approximate surface area is 94.9 Å². The molecule has 2 N–H and O–H groups in total. The Balaban J connectivity index is 2.97. The van der Waals surface area contributed by atoms with Crippen LogP contribution in [0, 0.1) is 10.1 Å². The van der Waals surface area contributed by atoms with Gasteiger partial charge in [-0.1, -0.05) is 39.9 Å². The smallest absolute Gasteiger partial charge is 0.314 e. The Morgan fingerprint density at radius 3 is 2.53 bits per heavy atom. The first kappa shape index (κ1) is 12.2. The van der Waals surface area contributed by atoms with Gasteiger partial charge in [-0.05, 0) is 17.8 Å². The van der Waals surface area contributed by atoms with Gasteiger partial charge in [0.25, 0.3) is 0 Å². The number of aromatic amines is 2. The van der Waals surface area contributed by atoms with E-state index in [1.807, 2.05) is 0 Å². The van der Waals surface area contributed by atoms with E-state index in [9.17, 15) is 4.79 Å². The van der Waals surface area contributed by atoms with Crippen LogP contribution in [0.15, 0.2) is 11.0 Å². The zero-order chi connectivity index (χ0) is 11.6. The lowest BCUT2D eigenvalue weighted by molar-refractivity contribution is 0.348. The third-order valence-electron chi connectivity index (χ3n) is 2.30. The third-order valence-corrected chi connectivity index (χ3v) is 2.64. The lowest BCUT2D eigenvalue weighted by atomic mass is 9.83. The van der Waals surface area contributed by atoms with E-state index in [0.717, 1.165) is 12.0 Å². The number of hydrogen-bond acceptors (Lipinski definition) is 2. The van der Waals surface area contributed by atoms with Crippen LogP contribution in [0.1, 0.15) is 45.6 Å². The first-order chi connectivity index (χ1) is 6.79. The van der Waals surface area contributed by atoms with Crippen LogP contribution in [-0.4, -0.2) is 9.97 Å². The van der Waals surface area contributed by atoms with Gasteiger partial charge in [-0.25, -0.2) is 4.79 Å². The SMILES string of the molecule is CC(CC(C)(C)C)c1c[nH]c(=O)[nH]c1=S. The van der Waals surface area contributed by atoms with Gasteiger partial charge in [-0.15, -0.1) is 0 Å². The minimum Gasteiger partial charge on any atom is -0.314 e. The second kappa shape index (κ2) is 4.31. The Hall–Kier alpha value is -0.900. The van der Waals surface area contributed by atoms with Gasteiger partial charge in [0.2, 0.25) is 0 Å². The number of aromatic nitrogens is 2. The summed E-state index contributed by atoms with van der Waals surface area (Å²) in [4.78, 5) is 16.2. The van der Waals surface area contributed by atoms with Gasteiger partial charge < -0.3 is 4.98 Å². The van der Waals surface area contributed by atoms with Crippen molar-refractivity contribution in [2.75, 3.05) is 0 Å². The van der Waals surface area contributed by atoms with Gasteiger partial charge >= 0.3 is 5.69 Å². The molecule has 0 saturated heterocycles. The van der Waals surface area contributed by atoms with Crippen molar-refractivity contribution in [2.45, 2.75) is 40.0 Å². The molecule has 1 unspecified atom stereocenters. The van der Waals surface area contributed by atoms with Gasteiger partial charge in [0, 0.05) is 11.8 Å². The minimum atomic E-state index is -0.244. The number of hydrogen-bond donors (Lipinski definition) is 2. The molecule has 4 heteroatoms. The Bertz CT molecular complexity index is 439. The zero-order valence-corrected chi connectivity index (χ0v) is 10.5. The molecule has 0 aliphatic rings. The average molecular weight is 226 g/mol. The molecule has 3 nitrogen and oxygen atoms in total. The lowest BCUT2D eigenvalue weighted by Gasteiger charge is -2.23. The molecule has 0 fully saturated rings. The summed E-state index contributed by atoms with van der Waals surface area (Å²) >= 11 is 5.13. The molecule has 1 aromatic heterocycles. The maximum Gasteiger partial charge on any atom is 0.323 e. The van der Waals surface area contributed by atoms with E-state index in [0.29, 0.717) is 10.6 Å². The van der Waals surface area contributed by atoms with Gasteiger partial charge in [0.05, 0.1) is 0 Å². The fraction of sp³-hybridized carbons (Fsp3) is 0.636. The average Bonchev–Trinajstić information content (AvgIpc) is 1.99. The van der Waals surface area contributed by atoms with E-state index < -0.39 is 0 Å². The van der Waals surface area contributed by atoms with Crippen molar-refractivity contribution in [3.05, 3.63) is 26.9 Å². The molecular weight excluding hydrogens is 208 g/mol. The molecule has 1 heterocycles. The van der Waals surface area contributed by atoms with Crippen molar-refractivity contribution in [3.63, 3.8) is 0 Å². The van der Waals surface area contributed by atoms with E-state index in [1.165, 1.54) is 0 Å². The largest absolute Gasteiger partial charge is 0.323 e. The summed E-state index contributed by atoms with van der Waals surface area (Å²) in [7, 11) is 0. The van der Waals surface area contributed by atoms with Crippen molar-refractivity contribution in [1.29, 1.82) is 0 Å². The zero-order valence-electron chi connectivity index (χ0n) is 9.68. The maximum atomic E-state index is 11.0. The highest BCUT2D eigenvalue weighted by Crippen LogP contribution is 2.30. The molecule has 0 saturated carbocycles. The standard InChI is InChI=1S/C11H18N2OS/c1-7(5-11(2,3)4)8-6-12-10(14)13-9(8)15/h6-7H,5H2,1-4H3,(H2,12,13,14,15). The minimum absolute atomic E-state index is 0.244. The van der Waals surface area contributed by atoms with Crippen molar-refractivity contribution in [2.24, 2.45) is 5.41 Å². The third kappa shape index (κ3) is 3.63. The van der Waals surface area contributed by atoms with Crippen LogP contribution in [0.3, 0.4) is 0 Å². The van der Waals surface area contributed by atoms with Crippen LogP contribution in [0.2, 0.25) is 0 Å². The maximum absolute atomic E-state index is 11.0. The molecule has 0 amide bonds. The molecule has 1 rings (SSSR count). The number of rotatable bonds is 2. The van der Waals surface area contributed by atoms with Crippen LogP contribution >= 0.6 is 12.2 Å². The molecule has 0 spiro atoms. The summed E-state index contributed by atoms with van der Waals surface area (Å²) in [5.74, 6) is 0.352. The van der Waals surface area contributed by atoms with Gasteiger partial charge in [0.15, 0.2) is 0 Å². The van der Waals surface area contributed by atoms with E-state index in [2.05, 4.69) is 37.7 Å². The fourth-order valence-electron chi connectivity index (χ4n) is 1.81. The summed E-state index contributed by atoms with van der Waals surface area (Å²) in [6.07, 6.45) is 2.76. The lowest BCUT2D eigenvalue weighted by Crippen LogP contribution is -2.15. The molecule has 84 valence electrons. The Kier molecular flexibility index (Phi) is 3.50. The highest BCUT2D eigenvalue weighted by Gasteiger charge is 2.17. The van der Waals surface area contributed by atoms with Crippen LogP contribution in [0.5, 0.6) is 0 Å². The van der Waals surface area contributed by atoms with Gasteiger partial charge in [-0.2, -0.15) is 0 Å². The van der Waals surface area contributed by atoms with Crippen LogP contribution in [0.4, 0.5) is 0 Å². The molecule has 0 bridgehead atoms. The van der Waals surface area contributed by atoms with E-state index >= 15 is 0 Å². The normalized spacial score (nSPS) is 13.9. The molecule has 0 radical (unpaired) electrons. The van der Waals surface area contributed by atoms with Crippen molar-refractivity contribution < 1.29 is 0 Å². The first-order valence-electron chi connectivity index (χ1n) is 5.11. The van der Waals surface area contributed by atoms with E-state index in [-0.39, 0.29) is 11.1 Å². The van der Waals surface area contributed by atoms with Crippen molar-refractivity contribution >= 4 is 12.2 Å². The van der Waals surface area contributed by atoms with Crippen LogP contribution in [0.25, 0.3) is 0 Å². The summed E-state index contributed by atoms with van der Waals surface area (Å²) in [5.41, 5.74) is 1.03. The highest BCUT2D eigenvalue weighted by molar-refractivity contribution is 7.71. The second-order valence-electron chi connectivity index (χ2n) is 5.19. The predicted octanol–water partition coefficient (Wildman–Crippen LogP) is 2.97. The number of H-pyrrole nitrogens is 2. The van der Waals surface area contributed by atoms with Crippen LogP contribution < -0.4 is 5.69 Å². The summed E-state index contributed by atoms with van der Waals surface area (Å²) in [5, 5.41) is 0. The van der Waals surface area contributed by atoms with Crippen LogP contribution in [-0.2, 0) is 0 Å². The molecule has 0 aliphatic heterocycles. The van der Waals surface area contributed by atoms with Crippen molar-refractivity contribution in [3.8, 4) is 0 Å². The highest BCUT2D eigenvalue weighted by atomic mass is 32.1. The molecular formula is C11H18N2OS. The monoisotopic (exact) mass is 226 g/mol. The van der Waals surface area contributed by atoms with Gasteiger partial charge in [0.1, 0.15) is 4.64 Å². The molecule has 0 aromatic carbocycles. The quantitative estimate of drug-likeness (QED) is 0.762. The van der Waals surface area contributed by atoms with E-state index in [4.69, 9.17) is 12.2 Å². The van der Waals surface area contributed by atoms with Crippen molar-refractivity contribution in [1.82, 2.24) is 9.97 Å². The summed E-state index contributed by atoms with van der Waals surface area (Å²) in [6.45, 7) is 8.72. The summed E-state index contributed by atoms with van der Waals surface area (Å²) < 4.78 is 0.551. The number of nitrogens with one attached hydrogen (secondary N) is 2. The topological polar surface area (TPSA) is 48.6 Å².